The number of allylic oxidation sites excluding steroid dienone is 6. The number of fused-ring (bicyclic) bond motifs is 3. The van der Waals surface area contributed by atoms with Crippen LogP contribution in [0.1, 0.15) is 32.0 Å². The second kappa shape index (κ2) is 11.7. The summed E-state index contributed by atoms with van der Waals surface area (Å²) in [6.45, 7) is 8.07. The van der Waals surface area contributed by atoms with E-state index in [1.165, 1.54) is 16.3 Å². The van der Waals surface area contributed by atoms with Crippen LogP contribution in [0.5, 0.6) is 0 Å². The Labute approximate surface area is 202 Å². The standard InChI is InChI=1S/C28H28N4.C2H6/c1-3-4-11-25(29)26(30)19-22(15-14-21-9-7-8-17-31-21)32-27-12-6-5-10-23(27)24-18-20(2)13-16-28(24)32;1-2/h3-13,15-19H,14,29-30H2,1-2H3;1-2H3/b4-3-,22-15+,25-11-,26-19-;. The van der Waals surface area contributed by atoms with Gasteiger partial charge < -0.3 is 16.0 Å². The van der Waals surface area contributed by atoms with Gasteiger partial charge in [0.1, 0.15) is 0 Å². The Hall–Kier alpha value is -4.05. The van der Waals surface area contributed by atoms with Crippen LogP contribution >= 0.6 is 0 Å². The lowest BCUT2D eigenvalue weighted by Crippen LogP contribution is -2.10. The number of hydrogen-bond donors (Lipinski definition) is 2. The van der Waals surface area contributed by atoms with E-state index in [0.29, 0.717) is 17.8 Å². The SMILES string of the molecule is CC.C\C=C/C=C(N)/C(N)=C/C(=C\Cc1ccccn1)n1c2ccccc2c2cc(C)ccc21. The number of hydrogen-bond acceptors (Lipinski definition) is 3. The van der Waals surface area contributed by atoms with Crippen LogP contribution in [0, 0.1) is 6.92 Å². The number of para-hydroxylation sites is 1. The highest BCUT2D eigenvalue weighted by molar-refractivity contribution is 6.10. The summed E-state index contributed by atoms with van der Waals surface area (Å²) in [6, 6.07) is 20.9. The molecule has 4 aromatic rings. The normalized spacial score (nSPS) is 12.9. The van der Waals surface area contributed by atoms with Crippen molar-refractivity contribution in [1.29, 1.82) is 0 Å². The Balaban J connectivity index is 0.00000158. The van der Waals surface area contributed by atoms with E-state index in [-0.39, 0.29) is 0 Å². The van der Waals surface area contributed by atoms with Crippen molar-refractivity contribution in [2.24, 2.45) is 11.5 Å². The van der Waals surface area contributed by atoms with E-state index in [4.69, 9.17) is 11.5 Å². The number of benzene rings is 2. The molecule has 2 aromatic heterocycles. The van der Waals surface area contributed by atoms with Gasteiger partial charge in [-0.15, -0.1) is 0 Å². The fourth-order valence-corrected chi connectivity index (χ4v) is 3.85. The third kappa shape index (κ3) is 5.46. The predicted molar refractivity (Wildman–Crippen MR) is 147 cm³/mol. The van der Waals surface area contributed by atoms with Gasteiger partial charge in [-0.25, -0.2) is 0 Å². The van der Waals surface area contributed by atoms with Gasteiger partial charge in [0.25, 0.3) is 0 Å². The number of aryl methyl sites for hydroxylation is 1. The van der Waals surface area contributed by atoms with Crippen molar-refractivity contribution < 1.29 is 0 Å². The maximum Gasteiger partial charge on any atom is 0.0568 e. The second-order valence-corrected chi connectivity index (χ2v) is 7.77. The van der Waals surface area contributed by atoms with E-state index in [1.54, 1.807) is 0 Å². The number of aromatic nitrogens is 2. The van der Waals surface area contributed by atoms with E-state index in [0.717, 1.165) is 22.4 Å². The quantitative estimate of drug-likeness (QED) is 0.315. The summed E-state index contributed by atoms with van der Waals surface area (Å²) in [5.41, 5.74) is 19.1. The average Bonchev–Trinajstić information content (AvgIpc) is 3.20. The summed E-state index contributed by atoms with van der Waals surface area (Å²) in [5.74, 6) is 0. The first-order chi connectivity index (χ1) is 16.6. The smallest absolute Gasteiger partial charge is 0.0568 e. The summed E-state index contributed by atoms with van der Waals surface area (Å²) in [7, 11) is 0. The third-order valence-corrected chi connectivity index (χ3v) is 5.44. The van der Waals surface area contributed by atoms with Gasteiger partial charge in [0.15, 0.2) is 0 Å². The molecular formula is C30H34N4. The third-order valence-electron chi connectivity index (χ3n) is 5.44. The van der Waals surface area contributed by atoms with Crippen LogP contribution in [0.4, 0.5) is 0 Å². The van der Waals surface area contributed by atoms with Crippen molar-refractivity contribution in [1.82, 2.24) is 9.55 Å². The van der Waals surface area contributed by atoms with E-state index in [9.17, 15) is 0 Å². The molecule has 2 aromatic carbocycles. The first-order valence-electron chi connectivity index (χ1n) is 11.7. The van der Waals surface area contributed by atoms with Gasteiger partial charge in [-0.05, 0) is 56.3 Å². The Kier molecular flexibility index (Phi) is 8.47. The molecule has 4 N–H and O–H groups in total. The van der Waals surface area contributed by atoms with Gasteiger partial charge in [0.2, 0.25) is 0 Å². The maximum atomic E-state index is 6.41. The van der Waals surface area contributed by atoms with Crippen molar-refractivity contribution in [3.8, 4) is 0 Å². The Morgan fingerprint density at radius 3 is 2.38 bits per heavy atom. The van der Waals surface area contributed by atoms with E-state index < -0.39 is 0 Å². The molecule has 34 heavy (non-hydrogen) atoms. The van der Waals surface area contributed by atoms with Crippen LogP contribution in [0.25, 0.3) is 27.5 Å². The molecule has 4 rings (SSSR count). The van der Waals surface area contributed by atoms with Crippen LogP contribution in [-0.4, -0.2) is 9.55 Å². The van der Waals surface area contributed by atoms with Crippen LogP contribution < -0.4 is 11.5 Å². The Morgan fingerprint density at radius 1 is 0.912 bits per heavy atom. The van der Waals surface area contributed by atoms with Gasteiger partial charge in [-0.3, -0.25) is 4.98 Å². The van der Waals surface area contributed by atoms with Crippen molar-refractivity contribution >= 4 is 27.5 Å². The van der Waals surface area contributed by atoms with Crippen molar-refractivity contribution in [3.63, 3.8) is 0 Å². The predicted octanol–water partition coefficient (Wildman–Crippen LogP) is 6.87. The number of pyridine rings is 1. The summed E-state index contributed by atoms with van der Waals surface area (Å²) < 4.78 is 2.25. The Morgan fingerprint density at radius 2 is 1.65 bits per heavy atom. The summed E-state index contributed by atoms with van der Waals surface area (Å²) >= 11 is 0. The highest BCUT2D eigenvalue weighted by atomic mass is 15.0. The van der Waals surface area contributed by atoms with Crippen molar-refractivity contribution in [2.45, 2.75) is 34.1 Å². The molecule has 174 valence electrons. The molecule has 0 spiro atoms. The molecule has 0 fully saturated rings. The number of rotatable bonds is 6. The minimum absolute atomic E-state index is 0.522. The highest BCUT2D eigenvalue weighted by Crippen LogP contribution is 2.33. The van der Waals surface area contributed by atoms with Gasteiger partial charge >= 0.3 is 0 Å². The largest absolute Gasteiger partial charge is 0.397 e. The first-order valence-corrected chi connectivity index (χ1v) is 11.7. The zero-order chi connectivity index (χ0) is 24.5. The zero-order valence-corrected chi connectivity index (χ0v) is 20.5. The number of nitrogens with two attached hydrogens (primary N) is 2. The molecule has 0 radical (unpaired) electrons. The molecule has 0 amide bonds. The summed E-state index contributed by atoms with van der Waals surface area (Å²) in [4.78, 5) is 4.47. The molecule has 0 aliphatic rings. The zero-order valence-electron chi connectivity index (χ0n) is 20.5. The van der Waals surface area contributed by atoms with Gasteiger partial charge in [0, 0.05) is 34.8 Å². The minimum atomic E-state index is 0.522. The second-order valence-electron chi connectivity index (χ2n) is 7.77. The lowest BCUT2D eigenvalue weighted by molar-refractivity contribution is 1.09. The van der Waals surface area contributed by atoms with Crippen LogP contribution in [0.15, 0.2) is 109 Å². The first kappa shape index (κ1) is 24.6. The molecule has 0 aliphatic heterocycles. The molecule has 0 atom stereocenters. The lowest BCUT2D eigenvalue weighted by Gasteiger charge is -2.12. The van der Waals surface area contributed by atoms with E-state index in [2.05, 4.69) is 65.0 Å². The molecule has 4 nitrogen and oxygen atoms in total. The molecule has 0 saturated heterocycles. The number of nitrogens with zero attached hydrogens (tertiary/aromatic N) is 2. The topological polar surface area (TPSA) is 69.9 Å². The Bertz CT molecular complexity index is 1370. The maximum absolute atomic E-state index is 6.41. The molecule has 4 heteroatoms. The van der Waals surface area contributed by atoms with Crippen LogP contribution in [-0.2, 0) is 6.42 Å². The summed E-state index contributed by atoms with van der Waals surface area (Å²) in [5, 5.41) is 2.42. The van der Waals surface area contributed by atoms with Crippen LogP contribution in [0.3, 0.4) is 0 Å². The highest BCUT2D eigenvalue weighted by Gasteiger charge is 2.13. The van der Waals surface area contributed by atoms with E-state index >= 15 is 0 Å². The molecule has 0 bridgehead atoms. The van der Waals surface area contributed by atoms with Crippen molar-refractivity contribution in [3.05, 3.63) is 120 Å². The monoisotopic (exact) mass is 450 g/mol. The molecule has 0 aliphatic carbocycles. The fraction of sp³-hybridized carbons (Fsp3) is 0.167. The molecule has 2 heterocycles. The molecular weight excluding hydrogens is 416 g/mol. The molecule has 0 saturated carbocycles. The molecule has 0 unspecified atom stereocenters. The van der Waals surface area contributed by atoms with Crippen LogP contribution in [0.2, 0.25) is 0 Å². The van der Waals surface area contributed by atoms with E-state index in [1.807, 2.05) is 69.5 Å². The lowest BCUT2D eigenvalue weighted by atomic mass is 10.1. The average molecular weight is 451 g/mol. The minimum Gasteiger partial charge on any atom is -0.397 e. The van der Waals surface area contributed by atoms with Crippen molar-refractivity contribution in [2.75, 3.05) is 0 Å². The summed E-state index contributed by atoms with van der Waals surface area (Å²) in [6.07, 6.45) is 12.2. The fourth-order valence-electron chi connectivity index (χ4n) is 3.85. The van der Waals surface area contributed by atoms with Gasteiger partial charge in [-0.2, -0.15) is 0 Å². The van der Waals surface area contributed by atoms with Gasteiger partial charge in [-0.1, -0.05) is 68.0 Å². The van der Waals surface area contributed by atoms with Gasteiger partial charge in [0.05, 0.1) is 22.4 Å².